The molecule has 0 aromatic heterocycles. The lowest BCUT2D eigenvalue weighted by atomic mass is 9.84. The maximum absolute atomic E-state index is 13.4. The molecule has 18 nitrogen and oxygen atoms in total. The Balaban J connectivity index is 1.95. The van der Waals surface area contributed by atoms with E-state index in [2.05, 4.69) is 13.8 Å². The van der Waals surface area contributed by atoms with Crippen molar-refractivity contribution in [1.82, 2.24) is 0 Å². The van der Waals surface area contributed by atoms with E-state index in [4.69, 9.17) is 33.7 Å². The van der Waals surface area contributed by atoms with Crippen LogP contribution in [0.1, 0.15) is 194 Å². The molecule has 1 saturated heterocycles. The Bertz CT molecular complexity index is 1300. The van der Waals surface area contributed by atoms with Crippen LogP contribution in [0.2, 0.25) is 0 Å². The van der Waals surface area contributed by atoms with Crippen molar-refractivity contribution in [2.75, 3.05) is 19.8 Å². The highest BCUT2D eigenvalue weighted by molar-refractivity contribution is 7.47. The minimum absolute atomic E-state index is 0.0497. The minimum Gasteiger partial charge on any atom is -0.462 e. The molecule has 0 aromatic carbocycles. The molecule has 2 aliphatic rings. The second-order valence-electron chi connectivity index (χ2n) is 18.5. The summed E-state index contributed by atoms with van der Waals surface area (Å²) >= 11 is 0. The third-order valence-electron chi connectivity index (χ3n) is 12.6. The Morgan fingerprint density at radius 3 is 1.41 bits per heavy atom. The van der Waals surface area contributed by atoms with Crippen LogP contribution >= 0.6 is 7.82 Å². The number of ether oxygens (including phenoxy) is 4. The number of rotatable bonds is 39. The van der Waals surface area contributed by atoms with Crippen molar-refractivity contribution in [3.8, 4) is 0 Å². The zero-order valence-corrected chi connectivity index (χ0v) is 41.0. The number of phosphoric acid groups is 1. The van der Waals surface area contributed by atoms with Gasteiger partial charge in [0.05, 0.1) is 19.3 Å². The van der Waals surface area contributed by atoms with Gasteiger partial charge in [-0.05, 0) is 12.8 Å². The largest absolute Gasteiger partial charge is 0.472 e. The highest BCUT2D eigenvalue weighted by Gasteiger charge is 2.55. The molecule has 1 aliphatic carbocycles. The predicted octanol–water partition coefficient (Wildman–Crippen LogP) is 5.51. The first-order chi connectivity index (χ1) is 31.7. The molecule has 1 unspecified atom stereocenters. The standard InChI is InChI=1S/C47H90NO17P/c1-3-5-7-9-11-13-15-17-19-21-23-25-27-29-36(50)60-32-34(62-37(51)30-28-26-24-22-20-18-16-14-12-10-8-6-4-2)33-61-66(58,59)65-46-44(57)42(55)41(54)43(56)45(46)64-47-38(48)40(53)39(52)35(31-49)63-47/h34-35,38-47,49,52-57H,3-33,48H2,1-2H3,(H,58,59)/t34-,35-,38+,39-,40-,41-,42-,43+,44-,45-,46-,47-/m1/s1. The number of unbranched alkanes of at least 4 members (excludes halogenated alkanes) is 24. The van der Waals surface area contributed by atoms with Gasteiger partial charge in [0, 0.05) is 12.8 Å². The molecule has 0 amide bonds. The van der Waals surface area contributed by atoms with E-state index in [1.165, 1.54) is 103 Å². The monoisotopic (exact) mass is 972 g/mol. The average molecular weight is 972 g/mol. The molecule has 10 N–H and O–H groups in total. The summed E-state index contributed by atoms with van der Waals surface area (Å²) in [4.78, 5) is 36.5. The summed E-state index contributed by atoms with van der Waals surface area (Å²) in [5.41, 5.74) is 5.95. The number of hydrogen-bond donors (Lipinski definition) is 9. The molecule has 19 heteroatoms. The van der Waals surface area contributed by atoms with Crippen molar-refractivity contribution in [2.45, 2.75) is 267 Å². The van der Waals surface area contributed by atoms with Crippen molar-refractivity contribution >= 4 is 19.8 Å². The van der Waals surface area contributed by atoms with Gasteiger partial charge in [0.1, 0.15) is 61.5 Å². The van der Waals surface area contributed by atoms with Crippen LogP contribution in [0.3, 0.4) is 0 Å². The predicted molar refractivity (Wildman–Crippen MR) is 247 cm³/mol. The lowest BCUT2D eigenvalue weighted by Crippen LogP contribution is -2.68. The van der Waals surface area contributed by atoms with Crippen LogP contribution in [0.5, 0.6) is 0 Å². The van der Waals surface area contributed by atoms with Gasteiger partial charge in [0.2, 0.25) is 0 Å². The van der Waals surface area contributed by atoms with E-state index in [0.29, 0.717) is 12.8 Å². The molecular formula is C47H90NO17P. The maximum atomic E-state index is 13.4. The van der Waals surface area contributed by atoms with E-state index >= 15 is 0 Å². The number of carbonyl (C=O) groups excluding carboxylic acids is 2. The molecule has 1 aliphatic heterocycles. The Labute approximate surface area is 394 Å². The van der Waals surface area contributed by atoms with E-state index in [-0.39, 0.29) is 12.8 Å². The van der Waals surface area contributed by atoms with Crippen molar-refractivity contribution in [3.05, 3.63) is 0 Å². The van der Waals surface area contributed by atoms with Gasteiger partial charge in [-0.25, -0.2) is 4.57 Å². The number of nitrogens with two attached hydrogens (primary N) is 1. The molecule has 0 aromatic rings. The number of esters is 2. The van der Waals surface area contributed by atoms with Crippen LogP contribution in [0.4, 0.5) is 0 Å². The number of aliphatic hydroxyl groups excluding tert-OH is 7. The minimum atomic E-state index is -5.33. The topological polar surface area (TPSA) is 294 Å². The van der Waals surface area contributed by atoms with Gasteiger partial charge < -0.3 is 65.3 Å². The third-order valence-corrected chi connectivity index (χ3v) is 13.6. The maximum Gasteiger partial charge on any atom is 0.472 e. The number of carbonyl (C=O) groups is 2. The zero-order valence-electron chi connectivity index (χ0n) is 40.1. The highest BCUT2D eigenvalue weighted by atomic mass is 31.2. The van der Waals surface area contributed by atoms with Crippen molar-refractivity contribution < 1.29 is 82.8 Å². The van der Waals surface area contributed by atoms with Crippen molar-refractivity contribution in [3.63, 3.8) is 0 Å². The van der Waals surface area contributed by atoms with Crippen LogP contribution in [-0.2, 0) is 42.1 Å². The van der Waals surface area contributed by atoms with Crippen molar-refractivity contribution in [2.24, 2.45) is 5.73 Å². The summed E-state index contributed by atoms with van der Waals surface area (Å²) in [6.45, 7) is 2.33. The van der Waals surface area contributed by atoms with Gasteiger partial charge in [0.25, 0.3) is 0 Å². The summed E-state index contributed by atoms with van der Waals surface area (Å²) in [6.07, 6.45) is 9.30. The van der Waals surface area contributed by atoms with E-state index in [1.54, 1.807) is 0 Å². The van der Waals surface area contributed by atoms with E-state index in [9.17, 15) is 54.8 Å². The van der Waals surface area contributed by atoms with Crippen LogP contribution in [-0.4, -0.2) is 146 Å². The summed E-state index contributed by atoms with van der Waals surface area (Å²) in [5.74, 6) is -1.18. The van der Waals surface area contributed by atoms with Gasteiger partial charge in [-0.1, -0.05) is 168 Å². The van der Waals surface area contributed by atoms with Crippen LogP contribution in [0, 0.1) is 0 Å². The Morgan fingerprint density at radius 1 is 0.561 bits per heavy atom. The van der Waals surface area contributed by atoms with Crippen LogP contribution < -0.4 is 5.73 Å². The normalized spacial score (nSPS) is 28.2. The zero-order chi connectivity index (χ0) is 48.7. The fourth-order valence-corrected chi connectivity index (χ4v) is 9.37. The summed E-state index contributed by atoms with van der Waals surface area (Å²) in [5, 5.41) is 72.8. The Morgan fingerprint density at radius 2 is 0.970 bits per heavy atom. The molecule has 13 atom stereocenters. The van der Waals surface area contributed by atoms with E-state index in [0.717, 1.165) is 51.4 Å². The number of aliphatic hydroxyl groups is 7. The second kappa shape index (κ2) is 35.7. The Kier molecular flexibility index (Phi) is 32.9. The molecule has 66 heavy (non-hydrogen) atoms. The molecule has 1 saturated carbocycles. The molecule has 1 heterocycles. The van der Waals surface area contributed by atoms with Gasteiger partial charge in [0.15, 0.2) is 12.4 Å². The first-order valence-electron chi connectivity index (χ1n) is 25.4. The fraction of sp³-hybridized carbons (Fsp3) is 0.957. The smallest absolute Gasteiger partial charge is 0.462 e. The molecule has 390 valence electrons. The lowest BCUT2D eigenvalue weighted by molar-refractivity contribution is -0.315. The molecule has 0 radical (unpaired) electrons. The van der Waals surface area contributed by atoms with E-state index in [1.807, 2.05) is 0 Å². The second-order valence-corrected chi connectivity index (χ2v) is 19.9. The van der Waals surface area contributed by atoms with Crippen molar-refractivity contribution in [1.29, 1.82) is 0 Å². The molecular weight excluding hydrogens is 881 g/mol. The molecule has 0 bridgehead atoms. The van der Waals surface area contributed by atoms with E-state index < -0.39 is 113 Å². The summed E-state index contributed by atoms with van der Waals surface area (Å²) < 4.78 is 45.8. The van der Waals surface area contributed by atoms with Crippen LogP contribution in [0.15, 0.2) is 0 Å². The average Bonchev–Trinajstić information content (AvgIpc) is 3.29. The summed E-state index contributed by atoms with van der Waals surface area (Å²) in [7, 11) is -5.33. The summed E-state index contributed by atoms with van der Waals surface area (Å²) in [6, 6.07) is -1.52. The quantitative estimate of drug-likeness (QED) is 0.0208. The van der Waals surface area contributed by atoms with Gasteiger partial charge >= 0.3 is 19.8 Å². The van der Waals surface area contributed by atoms with Gasteiger partial charge in [-0.2, -0.15) is 0 Å². The Hall–Kier alpha value is -1.35. The molecule has 2 rings (SSSR count). The molecule has 0 spiro atoms. The number of hydrogen-bond acceptors (Lipinski definition) is 17. The fourth-order valence-electron chi connectivity index (χ4n) is 8.40. The number of phosphoric ester groups is 1. The first kappa shape index (κ1) is 60.8. The SMILES string of the molecule is CCCCCCCCCCCCCCCC(=O)OC[C@H](COP(=O)(O)O[C@@H]1[C@H](O)[C@H](O)[C@@H](O)[C@H](O)[C@H]1O[C@H]1O[C@H](CO)[C@@H](O)[C@H](O)[C@@H]1N)OC(=O)CCCCCCCCCCCCCCC. The first-order valence-corrected chi connectivity index (χ1v) is 26.9. The van der Waals surface area contributed by atoms with Crippen LogP contribution in [0.25, 0.3) is 0 Å². The van der Waals surface area contributed by atoms with Gasteiger partial charge in [-0.3, -0.25) is 18.6 Å². The molecule has 2 fully saturated rings. The van der Waals surface area contributed by atoms with Gasteiger partial charge in [-0.15, -0.1) is 0 Å². The third kappa shape index (κ3) is 24.5. The highest BCUT2D eigenvalue weighted by Crippen LogP contribution is 2.48. The lowest BCUT2D eigenvalue weighted by Gasteiger charge is -2.47.